The highest BCUT2D eigenvalue weighted by Crippen LogP contribution is 2.25. The molecule has 98 valence electrons. The molecule has 0 fully saturated rings. The summed E-state index contributed by atoms with van der Waals surface area (Å²) in [5.74, 6) is 5.30. The van der Waals surface area contributed by atoms with Gasteiger partial charge in [-0.1, -0.05) is 11.8 Å². The highest BCUT2D eigenvalue weighted by Gasteiger charge is 2.31. The largest absolute Gasteiger partial charge is 0.573 e. The van der Waals surface area contributed by atoms with E-state index >= 15 is 0 Å². The van der Waals surface area contributed by atoms with E-state index in [4.69, 9.17) is 5.73 Å². The Balaban J connectivity index is 2.76. The first-order valence-corrected chi connectivity index (χ1v) is 5.21. The maximum Gasteiger partial charge on any atom is 0.573 e. The van der Waals surface area contributed by atoms with Gasteiger partial charge < -0.3 is 15.8 Å². The monoisotopic (exact) mass is 258 g/mol. The fourth-order valence-corrected chi connectivity index (χ4v) is 1.20. The average Bonchev–Trinajstić information content (AvgIpc) is 2.24. The number of hydrogen-bond acceptors (Lipinski definition) is 3. The van der Waals surface area contributed by atoms with Crippen molar-refractivity contribution in [3.63, 3.8) is 0 Å². The van der Waals surface area contributed by atoms with Gasteiger partial charge in [0.2, 0.25) is 0 Å². The summed E-state index contributed by atoms with van der Waals surface area (Å²) in [7, 11) is 1.80. The second kappa shape index (κ2) is 6.17. The first-order valence-electron chi connectivity index (χ1n) is 5.21. The molecular formula is C12H13F3N2O. The van der Waals surface area contributed by atoms with Gasteiger partial charge in [0.25, 0.3) is 0 Å². The topological polar surface area (TPSA) is 47.3 Å². The van der Waals surface area contributed by atoms with Crippen LogP contribution < -0.4 is 15.8 Å². The molecule has 0 aliphatic carbocycles. The van der Waals surface area contributed by atoms with Crippen molar-refractivity contribution in [1.29, 1.82) is 0 Å². The van der Waals surface area contributed by atoms with Gasteiger partial charge in [0, 0.05) is 24.6 Å². The van der Waals surface area contributed by atoms with E-state index in [0.717, 1.165) is 12.6 Å². The molecule has 0 saturated heterocycles. The molecule has 0 spiro atoms. The zero-order valence-corrected chi connectivity index (χ0v) is 9.77. The Morgan fingerprint density at radius 1 is 1.39 bits per heavy atom. The zero-order valence-electron chi connectivity index (χ0n) is 9.77. The lowest BCUT2D eigenvalue weighted by molar-refractivity contribution is -0.274. The molecule has 18 heavy (non-hydrogen) atoms. The van der Waals surface area contributed by atoms with Crippen LogP contribution in [-0.2, 0) is 0 Å². The van der Waals surface area contributed by atoms with E-state index in [1.54, 1.807) is 7.05 Å². The molecule has 0 saturated carbocycles. The highest BCUT2D eigenvalue weighted by atomic mass is 19.4. The Kier molecular flexibility index (Phi) is 4.86. The Morgan fingerprint density at radius 2 is 2.11 bits per heavy atom. The number of alkyl halides is 3. The molecule has 0 bridgehead atoms. The van der Waals surface area contributed by atoms with Crippen LogP contribution in [0.2, 0.25) is 0 Å². The van der Waals surface area contributed by atoms with Gasteiger partial charge >= 0.3 is 6.36 Å². The van der Waals surface area contributed by atoms with Crippen LogP contribution in [0.1, 0.15) is 12.0 Å². The van der Waals surface area contributed by atoms with E-state index in [2.05, 4.69) is 21.9 Å². The number of anilines is 1. The second-order valence-electron chi connectivity index (χ2n) is 3.45. The van der Waals surface area contributed by atoms with Crippen molar-refractivity contribution in [2.45, 2.75) is 12.8 Å². The van der Waals surface area contributed by atoms with E-state index in [1.165, 1.54) is 12.1 Å². The Labute approximate surface area is 103 Å². The molecule has 0 unspecified atom stereocenters. The minimum absolute atomic E-state index is 0.161. The lowest BCUT2D eigenvalue weighted by atomic mass is 10.1. The van der Waals surface area contributed by atoms with Gasteiger partial charge in [-0.2, -0.15) is 0 Å². The summed E-state index contributed by atoms with van der Waals surface area (Å²) in [6.45, 7) is 0.738. The van der Waals surface area contributed by atoms with Crippen LogP contribution in [0.5, 0.6) is 5.75 Å². The lowest BCUT2D eigenvalue weighted by Crippen LogP contribution is -2.17. The normalized spacial score (nSPS) is 10.7. The number of halogens is 3. The molecule has 3 N–H and O–H groups in total. The molecule has 0 amide bonds. The minimum Gasteiger partial charge on any atom is -0.406 e. The van der Waals surface area contributed by atoms with E-state index in [0.29, 0.717) is 12.0 Å². The SMILES string of the molecule is CNCCC#Cc1ccc(OC(F)(F)F)cc1N. The van der Waals surface area contributed by atoms with Gasteiger partial charge in [0.15, 0.2) is 0 Å². The minimum atomic E-state index is -4.72. The highest BCUT2D eigenvalue weighted by molar-refractivity contribution is 5.58. The molecule has 0 aromatic heterocycles. The number of nitrogen functional groups attached to an aromatic ring is 1. The molecule has 0 radical (unpaired) electrons. The zero-order chi connectivity index (χ0) is 13.6. The van der Waals surface area contributed by atoms with Crippen LogP contribution in [0.4, 0.5) is 18.9 Å². The summed E-state index contributed by atoms with van der Waals surface area (Å²) in [5, 5.41) is 2.92. The van der Waals surface area contributed by atoms with Gasteiger partial charge in [-0.05, 0) is 19.2 Å². The van der Waals surface area contributed by atoms with Crippen molar-refractivity contribution in [3.8, 4) is 17.6 Å². The van der Waals surface area contributed by atoms with Gasteiger partial charge in [0.05, 0.1) is 5.69 Å². The van der Waals surface area contributed by atoms with Crippen LogP contribution >= 0.6 is 0 Å². The Morgan fingerprint density at radius 3 is 2.67 bits per heavy atom. The van der Waals surface area contributed by atoms with Crippen molar-refractivity contribution in [1.82, 2.24) is 5.32 Å². The fourth-order valence-electron chi connectivity index (χ4n) is 1.20. The molecule has 3 nitrogen and oxygen atoms in total. The summed E-state index contributed by atoms with van der Waals surface area (Å²) >= 11 is 0. The number of rotatable bonds is 3. The molecule has 0 aliphatic heterocycles. The van der Waals surface area contributed by atoms with Crippen molar-refractivity contribution in [2.75, 3.05) is 19.3 Å². The van der Waals surface area contributed by atoms with Crippen LogP contribution in [0.15, 0.2) is 18.2 Å². The third-order valence-corrected chi connectivity index (χ3v) is 1.98. The van der Waals surface area contributed by atoms with Crippen LogP contribution in [0.3, 0.4) is 0 Å². The van der Waals surface area contributed by atoms with Crippen LogP contribution in [0.25, 0.3) is 0 Å². The van der Waals surface area contributed by atoms with Crippen LogP contribution in [0, 0.1) is 11.8 Å². The smallest absolute Gasteiger partial charge is 0.406 e. The fraction of sp³-hybridized carbons (Fsp3) is 0.333. The molecule has 6 heteroatoms. The van der Waals surface area contributed by atoms with E-state index in [9.17, 15) is 13.2 Å². The standard InChI is InChI=1S/C12H13F3N2O/c1-17-7-3-2-4-9-5-6-10(8-11(9)16)18-12(13,14)15/h5-6,8,17H,3,7,16H2,1H3. The second-order valence-corrected chi connectivity index (χ2v) is 3.45. The number of nitrogens with two attached hydrogens (primary N) is 1. The first kappa shape index (κ1) is 14.2. The first-order chi connectivity index (χ1) is 8.42. The average molecular weight is 258 g/mol. The van der Waals surface area contributed by atoms with E-state index in [-0.39, 0.29) is 11.4 Å². The summed E-state index contributed by atoms with van der Waals surface area (Å²) in [6, 6.07) is 3.70. The summed E-state index contributed by atoms with van der Waals surface area (Å²) < 4.78 is 39.6. The molecule has 1 aromatic rings. The van der Waals surface area contributed by atoms with Crippen molar-refractivity contribution in [3.05, 3.63) is 23.8 Å². The van der Waals surface area contributed by atoms with Gasteiger partial charge in [-0.15, -0.1) is 13.2 Å². The number of benzene rings is 1. The van der Waals surface area contributed by atoms with Crippen LogP contribution in [-0.4, -0.2) is 20.0 Å². The molecule has 1 aromatic carbocycles. The van der Waals surface area contributed by atoms with Gasteiger partial charge in [0.1, 0.15) is 5.75 Å². The van der Waals surface area contributed by atoms with E-state index in [1.807, 2.05) is 0 Å². The Bertz CT molecular complexity index is 461. The summed E-state index contributed by atoms with van der Waals surface area (Å²) in [5.41, 5.74) is 6.24. The maximum atomic E-state index is 12.0. The molecular weight excluding hydrogens is 245 g/mol. The number of hydrogen-bond donors (Lipinski definition) is 2. The molecule has 1 rings (SSSR count). The van der Waals surface area contributed by atoms with Crippen molar-refractivity contribution in [2.24, 2.45) is 0 Å². The maximum absolute atomic E-state index is 12.0. The quantitative estimate of drug-likeness (QED) is 0.496. The van der Waals surface area contributed by atoms with Gasteiger partial charge in [-0.3, -0.25) is 0 Å². The lowest BCUT2D eigenvalue weighted by Gasteiger charge is -2.09. The summed E-state index contributed by atoms with van der Waals surface area (Å²) in [4.78, 5) is 0. The molecule has 0 aliphatic rings. The third-order valence-electron chi connectivity index (χ3n) is 1.98. The molecule has 0 heterocycles. The summed E-state index contributed by atoms with van der Waals surface area (Å²) in [6.07, 6.45) is -4.08. The number of nitrogens with one attached hydrogen (secondary N) is 1. The number of ether oxygens (including phenoxy) is 1. The predicted octanol–water partition coefficient (Wildman–Crippen LogP) is 2.13. The van der Waals surface area contributed by atoms with E-state index < -0.39 is 6.36 Å². The molecule has 0 atom stereocenters. The van der Waals surface area contributed by atoms with Crippen molar-refractivity contribution < 1.29 is 17.9 Å². The predicted molar refractivity (Wildman–Crippen MR) is 63.0 cm³/mol. The Hall–Kier alpha value is -1.87. The van der Waals surface area contributed by atoms with Gasteiger partial charge in [-0.25, -0.2) is 0 Å². The third kappa shape index (κ3) is 4.97. The van der Waals surface area contributed by atoms with Crippen molar-refractivity contribution >= 4 is 5.69 Å².